The van der Waals surface area contributed by atoms with Gasteiger partial charge in [-0.05, 0) is 38.8 Å². The van der Waals surface area contributed by atoms with Gasteiger partial charge in [-0.3, -0.25) is 9.69 Å². The molecule has 1 N–H and O–H groups in total. The third-order valence-electron chi connectivity index (χ3n) is 5.37. The van der Waals surface area contributed by atoms with Gasteiger partial charge in [0, 0.05) is 26.2 Å². The summed E-state index contributed by atoms with van der Waals surface area (Å²) in [6, 6.07) is 8.13. The molecule has 2 heterocycles. The maximum absolute atomic E-state index is 12.7. The average Bonchev–Trinajstić information content (AvgIpc) is 3.01. The van der Waals surface area contributed by atoms with Crippen LogP contribution in [0.4, 0.5) is 10.5 Å². The molecule has 0 saturated carbocycles. The summed E-state index contributed by atoms with van der Waals surface area (Å²) in [6.07, 6.45) is -0.271. The second-order valence-electron chi connectivity index (χ2n) is 8.58. The Morgan fingerprint density at radius 3 is 2.32 bits per heavy atom. The van der Waals surface area contributed by atoms with E-state index in [1.807, 2.05) is 63.6 Å². The molecule has 168 valence electrons. The van der Waals surface area contributed by atoms with E-state index >= 15 is 0 Å². The number of rotatable bonds is 6. The van der Waals surface area contributed by atoms with Crippen LogP contribution in [-0.4, -0.2) is 70.9 Å². The van der Waals surface area contributed by atoms with Crippen molar-refractivity contribution in [2.45, 2.75) is 34.6 Å². The van der Waals surface area contributed by atoms with Crippen LogP contribution in [-0.2, 0) is 9.53 Å². The van der Waals surface area contributed by atoms with E-state index in [0.29, 0.717) is 38.7 Å². The number of hydrogen-bond donors (Lipinski definition) is 1. The normalized spacial score (nSPS) is 14.7. The van der Waals surface area contributed by atoms with Crippen molar-refractivity contribution in [3.8, 4) is 5.69 Å². The lowest BCUT2D eigenvalue weighted by atomic mass is 10.2. The molecule has 0 bridgehead atoms. The van der Waals surface area contributed by atoms with Crippen molar-refractivity contribution in [1.82, 2.24) is 19.6 Å². The highest BCUT2D eigenvalue weighted by molar-refractivity contribution is 5.93. The largest absolute Gasteiger partial charge is 0.449 e. The fourth-order valence-corrected chi connectivity index (χ4v) is 3.56. The molecule has 3 rings (SSSR count). The summed E-state index contributed by atoms with van der Waals surface area (Å²) in [6.45, 7) is 13.0. The molecule has 1 aliphatic heterocycles. The predicted octanol–water partition coefficient (Wildman–Crippen LogP) is 3.15. The Hall–Kier alpha value is -2.87. The quantitative estimate of drug-likeness (QED) is 0.766. The van der Waals surface area contributed by atoms with Gasteiger partial charge in [-0.25, -0.2) is 9.48 Å². The van der Waals surface area contributed by atoms with Gasteiger partial charge in [-0.1, -0.05) is 31.5 Å². The fourth-order valence-electron chi connectivity index (χ4n) is 3.56. The highest BCUT2D eigenvalue weighted by atomic mass is 16.6. The van der Waals surface area contributed by atoms with Gasteiger partial charge >= 0.3 is 6.09 Å². The molecule has 0 unspecified atom stereocenters. The van der Waals surface area contributed by atoms with Crippen LogP contribution in [0.5, 0.6) is 0 Å². The van der Waals surface area contributed by atoms with Gasteiger partial charge in [0.1, 0.15) is 0 Å². The molecule has 1 aromatic carbocycles. The van der Waals surface area contributed by atoms with Crippen LogP contribution >= 0.6 is 0 Å². The van der Waals surface area contributed by atoms with Crippen molar-refractivity contribution in [3.63, 3.8) is 0 Å². The van der Waals surface area contributed by atoms with E-state index in [0.717, 1.165) is 22.8 Å². The topological polar surface area (TPSA) is 79.7 Å². The Morgan fingerprint density at radius 1 is 1.06 bits per heavy atom. The second kappa shape index (κ2) is 9.96. The monoisotopic (exact) mass is 427 g/mol. The number of piperazine rings is 1. The SMILES string of the molecule is Cc1ccc(-n2nc(C)c(NC(=O)CN3CCN(C(=O)OCC(C)C)CC3)c2C)cc1. The van der Waals surface area contributed by atoms with Gasteiger partial charge in [0.25, 0.3) is 0 Å². The molecule has 2 aromatic rings. The van der Waals surface area contributed by atoms with E-state index in [-0.39, 0.29) is 18.5 Å². The molecule has 8 nitrogen and oxygen atoms in total. The van der Waals surface area contributed by atoms with Crippen LogP contribution in [0.15, 0.2) is 24.3 Å². The Balaban J connectivity index is 1.54. The molecule has 0 aliphatic carbocycles. The summed E-state index contributed by atoms with van der Waals surface area (Å²) in [5.74, 6) is 0.238. The van der Waals surface area contributed by atoms with E-state index < -0.39 is 0 Å². The Kier molecular flexibility index (Phi) is 7.33. The number of carbonyl (C=O) groups is 2. The predicted molar refractivity (Wildman–Crippen MR) is 121 cm³/mol. The summed E-state index contributed by atoms with van der Waals surface area (Å²) in [5.41, 5.74) is 4.58. The number of aryl methyl sites for hydroxylation is 2. The summed E-state index contributed by atoms with van der Waals surface area (Å²) < 4.78 is 7.14. The highest BCUT2D eigenvalue weighted by Gasteiger charge is 2.24. The van der Waals surface area contributed by atoms with Crippen molar-refractivity contribution >= 4 is 17.7 Å². The zero-order valence-corrected chi connectivity index (χ0v) is 19.1. The first-order valence-corrected chi connectivity index (χ1v) is 10.8. The number of ether oxygens (including phenoxy) is 1. The second-order valence-corrected chi connectivity index (χ2v) is 8.58. The van der Waals surface area contributed by atoms with Gasteiger partial charge < -0.3 is 15.0 Å². The number of benzene rings is 1. The zero-order chi connectivity index (χ0) is 22.5. The van der Waals surface area contributed by atoms with Crippen LogP contribution < -0.4 is 5.32 Å². The van der Waals surface area contributed by atoms with Gasteiger partial charge in [0.2, 0.25) is 5.91 Å². The van der Waals surface area contributed by atoms with E-state index in [2.05, 4.69) is 15.3 Å². The number of aromatic nitrogens is 2. The molecule has 1 aromatic heterocycles. The smallest absolute Gasteiger partial charge is 0.409 e. The molecule has 2 amide bonds. The summed E-state index contributed by atoms with van der Waals surface area (Å²) in [7, 11) is 0. The van der Waals surface area contributed by atoms with Crippen molar-refractivity contribution in [1.29, 1.82) is 0 Å². The number of amides is 2. The molecule has 0 radical (unpaired) electrons. The minimum Gasteiger partial charge on any atom is -0.449 e. The van der Waals surface area contributed by atoms with Gasteiger partial charge in [-0.2, -0.15) is 5.10 Å². The Bertz CT molecular complexity index is 912. The van der Waals surface area contributed by atoms with Crippen LogP contribution in [0.25, 0.3) is 5.69 Å². The lowest BCUT2D eigenvalue weighted by Crippen LogP contribution is -2.50. The number of nitrogens with zero attached hydrogens (tertiary/aromatic N) is 4. The molecular weight excluding hydrogens is 394 g/mol. The minimum absolute atomic E-state index is 0.0782. The number of carbonyl (C=O) groups excluding carboxylic acids is 2. The molecule has 0 atom stereocenters. The van der Waals surface area contributed by atoms with Crippen LogP contribution in [0.3, 0.4) is 0 Å². The molecule has 1 aliphatic rings. The van der Waals surface area contributed by atoms with Gasteiger partial charge in [0.05, 0.1) is 35.9 Å². The average molecular weight is 428 g/mol. The first-order valence-electron chi connectivity index (χ1n) is 10.8. The third kappa shape index (κ3) is 5.85. The Labute approximate surface area is 184 Å². The fraction of sp³-hybridized carbons (Fsp3) is 0.522. The van der Waals surface area contributed by atoms with Crippen LogP contribution in [0.2, 0.25) is 0 Å². The molecule has 1 saturated heterocycles. The van der Waals surface area contributed by atoms with E-state index in [4.69, 9.17) is 4.74 Å². The van der Waals surface area contributed by atoms with Crippen molar-refractivity contribution in [2.24, 2.45) is 5.92 Å². The summed E-state index contributed by atoms with van der Waals surface area (Å²) >= 11 is 0. The van der Waals surface area contributed by atoms with E-state index in [1.165, 1.54) is 5.56 Å². The lowest BCUT2D eigenvalue weighted by molar-refractivity contribution is -0.117. The van der Waals surface area contributed by atoms with E-state index in [1.54, 1.807) is 4.90 Å². The first-order chi connectivity index (χ1) is 14.7. The molecule has 31 heavy (non-hydrogen) atoms. The number of anilines is 1. The van der Waals surface area contributed by atoms with Crippen molar-refractivity contribution < 1.29 is 14.3 Å². The number of hydrogen-bond acceptors (Lipinski definition) is 5. The van der Waals surface area contributed by atoms with Gasteiger partial charge in [-0.15, -0.1) is 0 Å². The van der Waals surface area contributed by atoms with Gasteiger partial charge in [0.15, 0.2) is 0 Å². The third-order valence-corrected chi connectivity index (χ3v) is 5.37. The maximum atomic E-state index is 12.7. The molecule has 8 heteroatoms. The highest BCUT2D eigenvalue weighted by Crippen LogP contribution is 2.23. The molecule has 1 fully saturated rings. The summed E-state index contributed by atoms with van der Waals surface area (Å²) in [4.78, 5) is 28.5. The first kappa shape index (κ1) is 22.8. The molecule has 0 spiro atoms. The maximum Gasteiger partial charge on any atom is 0.409 e. The van der Waals surface area contributed by atoms with Crippen molar-refractivity contribution in [2.75, 3.05) is 44.6 Å². The zero-order valence-electron chi connectivity index (χ0n) is 19.1. The van der Waals surface area contributed by atoms with Crippen LogP contribution in [0, 0.1) is 26.7 Å². The van der Waals surface area contributed by atoms with Crippen LogP contribution in [0.1, 0.15) is 30.8 Å². The summed E-state index contributed by atoms with van der Waals surface area (Å²) in [5, 5.41) is 7.62. The standard InChI is InChI=1S/C23H33N5O3/c1-16(2)15-31-23(30)27-12-10-26(11-13-27)14-21(29)24-22-18(4)25-28(19(22)5)20-8-6-17(3)7-9-20/h6-9,16H,10-15H2,1-5H3,(H,24,29). The van der Waals surface area contributed by atoms with E-state index in [9.17, 15) is 9.59 Å². The minimum atomic E-state index is -0.271. The Morgan fingerprint density at radius 2 is 1.71 bits per heavy atom. The van der Waals surface area contributed by atoms with Crippen molar-refractivity contribution in [3.05, 3.63) is 41.2 Å². The molecular formula is C23H33N5O3. The lowest BCUT2D eigenvalue weighted by Gasteiger charge is -2.33. The number of nitrogens with one attached hydrogen (secondary N) is 1.